The highest BCUT2D eigenvalue weighted by Crippen LogP contribution is 2.40. The van der Waals surface area contributed by atoms with E-state index in [0.717, 1.165) is 24.3 Å². The Bertz CT molecular complexity index is 444. The molecule has 0 radical (unpaired) electrons. The van der Waals surface area contributed by atoms with E-state index in [0.29, 0.717) is 6.54 Å². The van der Waals surface area contributed by atoms with Crippen LogP contribution in [0.25, 0.3) is 0 Å². The van der Waals surface area contributed by atoms with Gasteiger partial charge < -0.3 is 10.1 Å². The average molecular weight is 244 g/mol. The minimum absolute atomic E-state index is 0.154. The van der Waals surface area contributed by atoms with Crippen molar-refractivity contribution in [3.05, 3.63) is 24.3 Å². The van der Waals surface area contributed by atoms with Crippen molar-refractivity contribution in [3.8, 4) is 11.8 Å². The van der Waals surface area contributed by atoms with Crippen LogP contribution in [-0.4, -0.2) is 12.6 Å². The summed E-state index contributed by atoms with van der Waals surface area (Å²) >= 11 is 0. The zero-order chi connectivity index (χ0) is 13.0. The number of anilines is 1. The van der Waals surface area contributed by atoms with E-state index < -0.39 is 0 Å². The summed E-state index contributed by atoms with van der Waals surface area (Å²) in [5.74, 6) is 0.861. The van der Waals surface area contributed by atoms with Gasteiger partial charge in [0.25, 0.3) is 0 Å². The molecule has 0 amide bonds. The fourth-order valence-electron chi connectivity index (χ4n) is 2.17. The lowest BCUT2D eigenvalue weighted by Crippen LogP contribution is -2.35. The third-order valence-corrected chi connectivity index (χ3v) is 3.41. The average Bonchev–Trinajstić information content (AvgIpc) is 2.29. The number of benzene rings is 1. The van der Waals surface area contributed by atoms with Gasteiger partial charge >= 0.3 is 0 Å². The van der Waals surface area contributed by atoms with E-state index in [1.165, 1.54) is 6.42 Å². The van der Waals surface area contributed by atoms with E-state index in [1.54, 1.807) is 0 Å². The summed E-state index contributed by atoms with van der Waals surface area (Å²) in [5.41, 5.74) is 0.818. The van der Waals surface area contributed by atoms with Crippen LogP contribution in [0.3, 0.4) is 0 Å². The highest BCUT2D eigenvalue weighted by Gasteiger charge is 2.37. The molecule has 1 N–H and O–H groups in total. The maximum Gasteiger partial charge on any atom is 0.142 e. The van der Waals surface area contributed by atoms with Gasteiger partial charge in [-0.2, -0.15) is 5.26 Å². The normalized spacial score (nSPS) is 16.8. The first-order chi connectivity index (χ1) is 8.65. The van der Waals surface area contributed by atoms with Crippen molar-refractivity contribution in [1.82, 2.24) is 0 Å². The Hall–Kier alpha value is -1.69. The van der Waals surface area contributed by atoms with Crippen molar-refractivity contribution < 1.29 is 4.74 Å². The molecule has 1 fully saturated rings. The van der Waals surface area contributed by atoms with Crippen molar-refractivity contribution in [2.75, 3.05) is 11.9 Å². The molecule has 18 heavy (non-hydrogen) atoms. The Labute approximate surface area is 109 Å². The molecule has 3 nitrogen and oxygen atoms in total. The predicted octanol–water partition coefficient (Wildman–Crippen LogP) is 3.58. The fraction of sp³-hybridized carbons (Fsp3) is 0.533. The van der Waals surface area contributed by atoms with Crippen molar-refractivity contribution >= 4 is 5.69 Å². The first-order valence-electron chi connectivity index (χ1n) is 6.56. The van der Waals surface area contributed by atoms with Crippen LogP contribution in [-0.2, 0) is 0 Å². The first-order valence-corrected chi connectivity index (χ1v) is 6.56. The minimum Gasteiger partial charge on any atom is -0.489 e. The molecule has 0 unspecified atom stereocenters. The Morgan fingerprint density at radius 3 is 2.67 bits per heavy atom. The fourth-order valence-corrected chi connectivity index (χ4v) is 2.17. The van der Waals surface area contributed by atoms with Gasteiger partial charge in [0.05, 0.1) is 23.3 Å². The molecule has 0 saturated heterocycles. The highest BCUT2D eigenvalue weighted by atomic mass is 16.5. The lowest BCUT2D eigenvalue weighted by Gasteiger charge is -2.35. The van der Waals surface area contributed by atoms with E-state index in [-0.39, 0.29) is 11.5 Å². The van der Waals surface area contributed by atoms with Crippen LogP contribution in [0.5, 0.6) is 5.75 Å². The van der Waals surface area contributed by atoms with Crippen LogP contribution >= 0.6 is 0 Å². The topological polar surface area (TPSA) is 45.0 Å². The molecule has 0 aliphatic heterocycles. The van der Waals surface area contributed by atoms with Gasteiger partial charge in [-0.15, -0.1) is 0 Å². The van der Waals surface area contributed by atoms with Crippen LogP contribution in [0.1, 0.15) is 33.1 Å². The number of nitrogens with one attached hydrogen (secondary N) is 1. The molecule has 0 aromatic heterocycles. The second kappa shape index (κ2) is 5.30. The maximum atomic E-state index is 9.21. The Balaban J connectivity index is 2.03. The van der Waals surface area contributed by atoms with Gasteiger partial charge in [-0.05, 0) is 38.8 Å². The van der Waals surface area contributed by atoms with Crippen molar-refractivity contribution in [2.24, 2.45) is 5.41 Å². The van der Waals surface area contributed by atoms with Crippen molar-refractivity contribution in [1.29, 1.82) is 5.26 Å². The molecule has 1 aromatic rings. The molecule has 0 heterocycles. The van der Waals surface area contributed by atoms with Crippen LogP contribution in [0.2, 0.25) is 0 Å². The molecule has 1 aliphatic carbocycles. The SMILES string of the molecule is CC(C)Oc1ccccc1NCC1(C#N)CCC1. The van der Waals surface area contributed by atoms with E-state index in [1.807, 2.05) is 38.1 Å². The monoisotopic (exact) mass is 244 g/mol. The maximum absolute atomic E-state index is 9.21. The zero-order valence-corrected chi connectivity index (χ0v) is 11.1. The summed E-state index contributed by atoms with van der Waals surface area (Å²) in [5, 5.41) is 12.6. The molecular weight excluding hydrogens is 224 g/mol. The standard InChI is InChI=1S/C15H20N2O/c1-12(2)18-14-7-4-3-6-13(14)17-11-15(10-16)8-5-9-15/h3-4,6-7,12,17H,5,8-9,11H2,1-2H3. The third kappa shape index (κ3) is 2.76. The van der Waals surface area contributed by atoms with Gasteiger partial charge in [0.2, 0.25) is 0 Å². The molecule has 0 spiro atoms. The van der Waals surface area contributed by atoms with Crippen molar-refractivity contribution in [2.45, 2.75) is 39.2 Å². The van der Waals surface area contributed by atoms with E-state index in [2.05, 4.69) is 11.4 Å². The lowest BCUT2D eigenvalue weighted by molar-refractivity contribution is 0.230. The second-order valence-corrected chi connectivity index (χ2v) is 5.26. The highest BCUT2D eigenvalue weighted by molar-refractivity contribution is 5.56. The van der Waals surface area contributed by atoms with Crippen LogP contribution in [0, 0.1) is 16.7 Å². The van der Waals surface area contributed by atoms with E-state index in [4.69, 9.17) is 4.74 Å². The molecule has 1 aliphatic rings. The molecule has 3 heteroatoms. The van der Waals surface area contributed by atoms with Crippen LogP contribution in [0.15, 0.2) is 24.3 Å². The van der Waals surface area contributed by atoms with Gasteiger partial charge in [-0.3, -0.25) is 0 Å². The molecule has 96 valence electrons. The van der Waals surface area contributed by atoms with Gasteiger partial charge in [-0.1, -0.05) is 18.6 Å². The minimum atomic E-state index is -0.162. The molecule has 1 aromatic carbocycles. The number of para-hydroxylation sites is 2. The summed E-state index contributed by atoms with van der Waals surface area (Å²) < 4.78 is 5.75. The van der Waals surface area contributed by atoms with Gasteiger partial charge in [0.15, 0.2) is 0 Å². The molecular formula is C15H20N2O. The summed E-state index contributed by atoms with van der Waals surface area (Å²) in [6.07, 6.45) is 3.33. The number of rotatable bonds is 5. The zero-order valence-electron chi connectivity index (χ0n) is 11.1. The molecule has 2 rings (SSSR count). The molecule has 1 saturated carbocycles. The quantitative estimate of drug-likeness (QED) is 0.861. The Morgan fingerprint density at radius 2 is 2.11 bits per heavy atom. The molecule has 0 bridgehead atoms. The number of nitrogens with zero attached hydrogens (tertiary/aromatic N) is 1. The predicted molar refractivity (Wildman–Crippen MR) is 72.6 cm³/mol. The third-order valence-electron chi connectivity index (χ3n) is 3.41. The van der Waals surface area contributed by atoms with Gasteiger partial charge in [0.1, 0.15) is 5.75 Å². The largest absolute Gasteiger partial charge is 0.489 e. The number of hydrogen-bond acceptors (Lipinski definition) is 3. The van der Waals surface area contributed by atoms with Crippen molar-refractivity contribution in [3.63, 3.8) is 0 Å². The van der Waals surface area contributed by atoms with Crippen LogP contribution in [0.4, 0.5) is 5.69 Å². The number of ether oxygens (including phenoxy) is 1. The summed E-state index contributed by atoms with van der Waals surface area (Å²) in [6, 6.07) is 10.4. The smallest absolute Gasteiger partial charge is 0.142 e. The van der Waals surface area contributed by atoms with Crippen LogP contribution < -0.4 is 10.1 Å². The number of hydrogen-bond donors (Lipinski definition) is 1. The molecule has 0 atom stereocenters. The van der Waals surface area contributed by atoms with Gasteiger partial charge in [-0.25, -0.2) is 0 Å². The first kappa shape index (κ1) is 12.8. The Morgan fingerprint density at radius 1 is 1.39 bits per heavy atom. The summed E-state index contributed by atoms with van der Waals surface area (Å²) in [4.78, 5) is 0. The number of nitriles is 1. The van der Waals surface area contributed by atoms with E-state index >= 15 is 0 Å². The van der Waals surface area contributed by atoms with E-state index in [9.17, 15) is 5.26 Å². The van der Waals surface area contributed by atoms with Gasteiger partial charge in [0, 0.05) is 6.54 Å². The second-order valence-electron chi connectivity index (χ2n) is 5.26. The Kier molecular flexibility index (Phi) is 3.76. The lowest BCUT2D eigenvalue weighted by atomic mass is 9.70. The summed E-state index contributed by atoms with van der Waals surface area (Å²) in [6.45, 7) is 4.74. The summed E-state index contributed by atoms with van der Waals surface area (Å²) in [7, 11) is 0.